The number of amides is 1. The molecule has 0 atom stereocenters. The van der Waals surface area contributed by atoms with E-state index < -0.39 is 17.3 Å². The van der Waals surface area contributed by atoms with Crippen molar-refractivity contribution in [2.45, 2.75) is 26.2 Å². The molecule has 0 saturated heterocycles. The van der Waals surface area contributed by atoms with E-state index >= 15 is 0 Å². The van der Waals surface area contributed by atoms with Gasteiger partial charge in [-0.3, -0.25) is 9.59 Å². The number of aryl methyl sites for hydroxylation is 1. The number of hydrogen-bond donors (Lipinski definition) is 2. The molecule has 2 N–H and O–H groups in total. The number of carbonyl (C=O) groups is 2. The third-order valence-electron chi connectivity index (χ3n) is 3.18. The summed E-state index contributed by atoms with van der Waals surface area (Å²) in [6.07, 6.45) is 1.58. The van der Waals surface area contributed by atoms with Crippen LogP contribution in [-0.2, 0) is 9.59 Å². The fourth-order valence-corrected chi connectivity index (χ4v) is 1.92. The molecule has 0 aliphatic heterocycles. The minimum Gasteiger partial charge on any atom is -0.480 e. The van der Waals surface area contributed by atoms with Gasteiger partial charge in [-0.25, -0.2) is 4.98 Å². The molecular formula is C12H14N2O3. The van der Waals surface area contributed by atoms with Crippen LogP contribution in [0, 0.1) is 12.3 Å². The predicted molar refractivity (Wildman–Crippen MR) is 61.5 cm³/mol. The van der Waals surface area contributed by atoms with Crippen LogP contribution >= 0.6 is 0 Å². The quantitative estimate of drug-likeness (QED) is 0.778. The minimum atomic E-state index is -1.24. The number of carboxylic acids is 1. The number of aromatic nitrogens is 1. The van der Waals surface area contributed by atoms with Crippen molar-refractivity contribution in [3.05, 3.63) is 23.9 Å². The van der Waals surface area contributed by atoms with Crippen LogP contribution in [0.15, 0.2) is 18.2 Å². The van der Waals surface area contributed by atoms with Crippen molar-refractivity contribution in [2.75, 3.05) is 5.32 Å². The van der Waals surface area contributed by atoms with Crippen molar-refractivity contribution in [2.24, 2.45) is 5.41 Å². The van der Waals surface area contributed by atoms with E-state index in [4.69, 9.17) is 5.11 Å². The standard InChI is InChI=1S/C12H14N2O3/c1-8-4-2-5-9(13-8)14-10(15)12(11(16)17)6-3-7-12/h2,4-5H,3,6-7H2,1H3,(H,16,17)(H,13,14,15). The second-order valence-corrected chi connectivity index (χ2v) is 4.36. The van der Waals surface area contributed by atoms with Gasteiger partial charge in [0, 0.05) is 5.69 Å². The number of pyridine rings is 1. The molecular weight excluding hydrogens is 220 g/mol. The molecule has 0 spiro atoms. The van der Waals surface area contributed by atoms with Crippen molar-refractivity contribution in [3.8, 4) is 0 Å². The van der Waals surface area contributed by atoms with Gasteiger partial charge >= 0.3 is 5.97 Å². The zero-order chi connectivity index (χ0) is 12.5. The number of nitrogens with one attached hydrogen (secondary N) is 1. The Morgan fingerprint density at radius 3 is 2.59 bits per heavy atom. The van der Waals surface area contributed by atoms with Crippen molar-refractivity contribution in [1.82, 2.24) is 4.98 Å². The van der Waals surface area contributed by atoms with E-state index in [0.29, 0.717) is 18.7 Å². The molecule has 2 rings (SSSR count). The molecule has 1 amide bonds. The maximum atomic E-state index is 11.9. The van der Waals surface area contributed by atoms with Gasteiger partial charge in [-0.15, -0.1) is 0 Å². The van der Waals surface area contributed by atoms with Crippen molar-refractivity contribution < 1.29 is 14.7 Å². The van der Waals surface area contributed by atoms with Crippen LogP contribution in [0.3, 0.4) is 0 Å². The van der Waals surface area contributed by atoms with Crippen LogP contribution in [0.4, 0.5) is 5.82 Å². The van der Waals surface area contributed by atoms with Gasteiger partial charge in [-0.05, 0) is 31.9 Å². The summed E-state index contributed by atoms with van der Waals surface area (Å²) in [4.78, 5) is 27.2. The number of carboxylic acid groups (broad SMARTS) is 1. The Morgan fingerprint density at radius 1 is 1.41 bits per heavy atom. The van der Waals surface area contributed by atoms with E-state index in [1.165, 1.54) is 0 Å². The van der Waals surface area contributed by atoms with Gasteiger partial charge in [-0.2, -0.15) is 0 Å². The molecule has 1 aliphatic rings. The zero-order valence-corrected chi connectivity index (χ0v) is 9.56. The summed E-state index contributed by atoms with van der Waals surface area (Å²) < 4.78 is 0. The zero-order valence-electron chi connectivity index (χ0n) is 9.56. The first kappa shape index (κ1) is 11.6. The van der Waals surface area contributed by atoms with Crippen LogP contribution in [-0.4, -0.2) is 22.0 Å². The molecule has 17 heavy (non-hydrogen) atoms. The Labute approximate surface area is 98.9 Å². The number of rotatable bonds is 3. The second-order valence-electron chi connectivity index (χ2n) is 4.36. The average molecular weight is 234 g/mol. The maximum Gasteiger partial charge on any atom is 0.319 e. The maximum absolute atomic E-state index is 11.9. The fraction of sp³-hybridized carbons (Fsp3) is 0.417. The van der Waals surface area contributed by atoms with Crippen LogP contribution in [0.25, 0.3) is 0 Å². The van der Waals surface area contributed by atoms with Gasteiger partial charge in [-0.1, -0.05) is 12.5 Å². The van der Waals surface area contributed by atoms with Gasteiger partial charge in [0.1, 0.15) is 11.2 Å². The molecule has 1 fully saturated rings. The summed E-state index contributed by atoms with van der Waals surface area (Å²) in [5.74, 6) is -1.11. The lowest BCUT2D eigenvalue weighted by molar-refractivity contribution is -0.159. The van der Waals surface area contributed by atoms with Gasteiger partial charge < -0.3 is 10.4 Å². The Morgan fingerprint density at radius 2 is 2.12 bits per heavy atom. The molecule has 1 aliphatic carbocycles. The van der Waals surface area contributed by atoms with Gasteiger partial charge in [0.15, 0.2) is 0 Å². The lowest BCUT2D eigenvalue weighted by atomic mass is 9.68. The lowest BCUT2D eigenvalue weighted by Gasteiger charge is -2.35. The van der Waals surface area contributed by atoms with E-state index in [0.717, 1.165) is 12.1 Å². The largest absolute Gasteiger partial charge is 0.480 e. The van der Waals surface area contributed by atoms with Gasteiger partial charge in [0.05, 0.1) is 0 Å². The minimum absolute atomic E-state index is 0.403. The summed E-state index contributed by atoms with van der Waals surface area (Å²) in [6.45, 7) is 1.81. The molecule has 0 bridgehead atoms. The summed E-state index contributed by atoms with van der Waals surface area (Å²) in [5, 5.41) is 11.7. The molecule has 5 nitrogen and oxygen atoms in total. The molecule has 1 aromatic heterocycles. The monoisotopic (exact) mass is 234 g/mol. The van der Waals surface area contributed by atoms with E-state index in [9.17, 15) is 9.59 Å². The number of carbonyl (C=O) groups excluding carboxylic acids is 1. The highest BCUT2D eigenvalue weighted by Gasteiger charge is 2.51. The van der Waals surface area contributed by atoms with Crippen LogP contribution < -0.4 is 5.32 Å². The summed E-state index contributed by atoms with van der Waals surface area (Å²) in [6, 6.07) is 5.23. The Hall–Kier alpha value is -1.91. The molecule has 0 aromatic carbocycles. The van der Waals surface area contributed by atoms with Crippen LogP contribution in [0.2, 0.25) is 0 Å². The van der Waals surface area contributed by atoms with Crippen molar-refractivity contribution in [1.29, 1.82) is 0 Å². The molecule has 1 heterocycles. The van der Waals surface area contributed by atoms with Crippen molar-refractivity contribution in [3.63, 3.8) is 0 Å². The molecule has 0 unspecified atom stereocenters. The molecule has 90 valence electrons. The highest BCUT2D eigenvalue weighted by molar-refractivity contribution is 6.08. The smallest absolute Gasteiger partial charge is 0.319 e. The topological polar surface area (TPSA) is 79.3 Å². The third kappa shape index (κ3) is 2.00. The SMILES string of the molecule is Cc1cccc(NC(=O)C2(C(=O)O)CCC2)n1. The van der Waals surface area contributed by atoms with Crippen LogP contribution in [0.5, 0.6) is 0 Å². The molecule has 1 aromatic rings. The van der Waals surface area contributed by atoms with E-state index in [-0.39, 0.29) is 0 Å². The number of hydrogen-bond acceptors (Lipinski definition) is 3. The van der Waals surface area contributed by atoms with Gasteiger partial charge in [0.25, 0.3) is 0 Å². The number of nitrogens with zero attached hydrogens (tertiary/aromatic N) is 1. The summed E-state index contributed by atoms with van der Waals surface area (Å²) >= 11 is 0. The fourth-order valence-electron chi connectivity index (χ4n) is 1.92. The van der Waals surface area contributed by atoms with E-state index in [2.05, 4.69) is 10.3 Å². The highest BCUT2D eigenvalue weighted by atomic mass is 16.4. The molecule has 1 saturated carbocycles. The number of anilines is 1. The first-order valence-electron chi connectivity index (χ1n) is 5.53. The lowest BCUT2D eigenvalue weighted by Crippen LogP contribution is -2.48. The first-order chi connectivity index (χ1) is 8.04. The van der Waals surface area contributed by atoms with Crippen molar-refractivity contribution >= 4 is 17.7 Å². The Bertz CT molecular complexity index is 467. The summed E-state index contributed by atoms with van der Waals surface area (Å²) in [7, 11) is 0. The van der Waals surface area contributed by atoms with E-state index in [1.54, 1.807) is 12.1 Å². The van der Waals surface area contributed by atoms with Crippen LogP contribution in [0.1, 0.15) is 25.0 Å². The number of aliphatic carboxylic acids is 1. The Kier molecular flexibility index (Phi) is 2.83. The molecule has 5 heteroatoms. The summed E-state index contributed by atoms with van der Waals surface area (Å²) in [5.41, 5.74) is -0.466. The van der Waals surface area contributed by atoms with Gasteiger partial charge in [0.2, 0.25) is 5.91 Å². The Balaban J connectivity index is 2.14. The molecule has 0 radical (unpaired) electrons. The first-order valence-corrected chi connectivity index (χ1v) is 5.53. The van der Waals surface area contributed by atoms with E-state index in [1.807, 2.05) is 13.0 Å². The normalized spacial score (nSPS) is 17.0. The highest BCUT2D eigenvalue weighted by Crippen LogP contribution is 2.42. The third-order valence-corrected chi connectivity index (χ3v) is 3.18. The second kappa shape index (κ2) is 4.16. The predicted octanol–water partition coefficient (Wildman–Crippen LogP) is 1.58. The average Bonchev–Trinajstić information content (AvgIpc) is 2.14.